The van der Waals surface area contributed by atoms with Crippen LogP contribution in [0.4, 0.5) is 10.1 Å². The van der Waals surface area contributed by atoms with Gasteiger partial charge in [0, 0.05) is 36.4 Å². The van der Waals surface area contributed by atoms with Crippen molar-refractivity contribution in [1.29, 1.82) is 0 Å². The normalized spacial score (nSPS) is 16.8. The molecule has 0 radical (unpaired) electrons. The zero-order chi connectivity index (χ0) is 18.7. The highest BCUT2D eigenvalue weighted by Gasteiger charge is 2.23. The van der Waals surface area contributed by atoms with Crippen molar-refractivity contribution < 1.29 is 9.50 Å². The highest BCUT2D eigenvalue weighted by atomic mass is 19.1. The molecule has 1 aliphatic carbocycles. The first kappa shape index (κ1) is 18.3. The molecule has 3 rings (SSSR count). The van der Waals surface area contributed by atoms with Crippen LogP contribution >= 0.6 is 0 Å². The predicted octanol–water partition coefficient (Wildman–Crippen LogP) is 3.67. The number of hydrogen-bond donors (Lipinski definition) is 2. The average molecular weight is 356 g/mol. The smallest absolute Gasteiger partial charge is 0.123 e. The van der Waals surface area contributed by atoms with E-state index in [4.69, 9.17) is 5.73 Å². The molecule has 5 nitrogen and oxygen atoms in total. The van der Waals surface area contributed by atoms with E-state index < -0.39 is 11.9 Å². The molecule has 0 unspecified atom stereocenters. The van der Waals surface area contributed by atoms with Crippen LogP contribution in [0.1, 0.15) is 55.2 Å². The second kappa shape index (κ2) is 7.83. The summed E-state index contributed by atoms with van der Waals surface area (Å²) >= 11 is 0. The van der Waals surface area contributed by atoms with Gasteiger partial charge in [-0.1, -0.05) is 6.42 Å². The molecular formula is C20H25FN4O. The maximum Gasteiger partial charge on any atom is 0.123 e. The highest BCUT2D eigenvalue weighted by molar-refractivity contribution is 5.98. The quantitative estimate of drug-likeness (QED) is 0.776. The Balaban J connectivity index is 1.89. The van der Waals surface area contributed by atoms with Gasteiger partial charge >= 0.3 is 0 Å². The lowest BCUT2D eigenvalue weighted by molar-refractivity contribution is 0.199. The molecule has 1 heterocycles. The summed E-state index contributed by atoms with van der Waals surface area (Å²) in [6.07, 6.45) is 6.57. The van der Waals surface area contributed by atoms with Crippen LogP contribution in [0.5, 0.6) is 0 Å². The number of aryl methyl sites for hydroxylation is 1. The van der Waals surface area contributed by atoms with Crippen LogP contribution in [0.2, 0.25) is 0 Å². The van der Waals surface area contributed by atoms with Gasteiger partial charge in [-0.3, -0.25) is 9.67 Å². The molecule has 1 aromatic carbocycles. The molecule has 3 N–H and O–H groups in total. The molecule has 1 fully saturated rings. The Bertz CT molecular complexity index is 834. The van der Waals surface area contributed by atoms with Crippen LogP contribution in [-0.4, -0.2) is 20.6 Å². The van der Waals surface area contributed by atoms with Gasteiger partial charge in [0.1, 0.15) is 5.82 Å². The van der Waals surface area contributed by atoms with Crippen LogP contribution < -0.4 is 5.73 Å². The SMILES string of the molecule is C[C@@H](O)c1cc(F)ccc1N=C(C=CN)Cc1cc(C2CCC2)n(C)n1. The summed E-state index contributed by atoms with van der Waals surface area (Å²) in [5.74, 6) is 0.205. The number of allylic oxidation sites excluding steroid dienone is 1. The number of halogens is 1. The molecule has 0 amide bonds. The van der Waals surface area contributed by atoms with Crippen LogP contribution in [0.25, 0.3) is 0 Å². The zero-order valence-electron chi connectivity index (χ0n) is 15.2. The lowest BCUT2D eigenvalue weighted by Gasteiger charge is -2.25. The molecule has 0 aliphatic heterocycles. The number of aliphatic hydroxyl groups excluding tert-OH is 1. The molecule has 6 heteroatoms. The van der Waals surface area contributed by atoms with Gasteiger partial charge in [-0.2, -0.15) is 5.10 Å². The van der Waals surface area contributed by atoms with Crippen molar-refractivity contribution in [2.75, 3.05) is 0 Å². The third kappa shape index (κ3) is 4.02. The molecule has 0 bridgehead atoms. The van der Waals surface area contributed by atoms with Gasteiger partial charge < -0.3 is 10.8 Å². The van der Waals surface area contributed by atoms with E-state index in [2.05, 4.69) is 16.2 Å². The van der Waals surface area contributed by atoms with E-state index in [-0.39, 0.29) is 0 Å². The monoisotopic (exact) mass is 356 g/mol. The van der Waals surface area contributed by atoms with Gasteiger partial charge in [0.2, 0.25) is 0 Å². The Morgan fingerprint density at radius 2 is 2.23 bits per heavy atom. The van der Waals surface area contributed by atoms with E-state index >= 15 is 0 Å². The largest absolute Gasteiger partial charge is 0.405 e. The van der Waals surface area contributed by atoms with E-state index in [1.54, 1.807) is 19.1 Å². The molecular weight excluding hydrogens is 331 g/mol. The number of aliphatic imine (C=N–C) groups is 1. The number of nitrogens with zero attached hydrogens (tertiary/aromatic N) is 3. The summed E-state index contributed by atoms with van der Waals surface area (Å²) in [4.78, 5) is 4.60. The van der Waals surface area contributed by atoms with E-state index in [1.807, 2.05) is 11.7 Å². The Hall–Kier alpha value is -2.47. The first-order chi connectivity index (χ1) is 12.5. The van der Waals surface area contributed by atoms with Gasteiger partial charge in [-0.05, 0) is 56.3 Å². The van der Waals surface area contributed by atoms with E-state index in [0.29, 0.717) is 29.3 Å². The fraction of sp³-hybridized carbons (Fsp3) is 0.400. The maximum absolute atomic E-state index is 13.5. The molecule has 0 spiro atoms. The predicted molar refractivity (Wildman–Crippen MR) is 101 cm³/mol. The van der Waals surface area contributed by atoms with E-state index in [0.717, 1.165) is 5.69 Å². The van der Waals surface area contributed by atoms with Gasteiger partial charge in [0.05, 0.1) is 17.5 Å². The zero-order valence-corrected chi connectivity index (χ0v) is 15.2. The number of aromatic nitrogens is 2. The third-order valence-corrected chi connectivity index (χ3v) is 4.84. The number of benzene rings is 1. The molecule has 1 aliphatic rings. The summed E-state index contributed by atoms with van der Waals surface area (Å²) in [7, 11) is 1.97. The fourth-order valence-corrected chi connectivity index (χ4v) is 3.26. The molecule has 2 aromatic rings. The van der Waals surface area contributed by atoms with Crippen molar-refractivity contribution in [1.82, 2.24) is 9.78 Å². The highest BCUT2D eigenvalue weighted by Crippen LogP contribution is 2.36. The third-order valence-electron chi connectivity index (χ3n) is 4.84. The molecule has 138 valence electrons. The topological polar surface area (TPSA) is 76.4 Å². The van der Waals surface area contributed by atoms with Gasteiger partial charge in [-0.15, -0.1) is 0 Å². The standard InChI is InChI=1S/C20H25FN4O/c1-13(26)18-10-15(21)6-7-19(18)23-16(8-9-22)11-17-12-20(25(2)24-17)14-4-3-5-14/h6-10,12-14,26H,3-5,11,22H2,1-2H3/t13-/m1/s1. The minimum Gasteiger partial charge on any atom is -0.405 e. The molecule has 0 saturated heterocycles. The van der Waals surface area contributed by atoms with Crippen molar-refractivity contribution in [3.05, 3.63) is 59.3 Å². The van der Waals surface area contributed by atoms with Crippen LogP contribution in [0, 0.1) is 5.82 Å². The average Bonchev–Trinajstić information content (AvgIpc) is 2.87. The lowest BCUT2D eigenvalue weighted by Crippen LogP contribution is -2.12. The number of nitrogens with two attached hydrogens (primary N) is 1. The van der Waals surface area contributed by atoms with E-state index in [1.165, 1.54) is 43.3 Å². The Kier molecular flexibility index (Phi) is 5.52. The molecule has 1 atom stereocenters. The van der Waals surface area contributed by atoms with E-state index in [9.17, 15) is 9.50 Å². The molecule has 26 heavy (non-hydrogen) atoms. The van der Waals surface area contributed by atoms with Crippen molar-refractivity contribution in [2.24, 2.45) is 17.8 Å². The molecule has 1 saturated carbocycles. The van der Waals surface area contributed by atoms with Crippen molar-refractivity contribution in [3.63, 3.8) is 0 Å². The molecule has 1 aromatic heterocycles. The maximum atomic E-state index is 13.5. The summed E-state index contributed by atoms with van der Waals surface area (Å²) in [6, 6.07) is 6.34. The minimum atomic E-state index is -0.812. The first-order valence-electron chi connectivity index (χ1n) is 8.94. The minimum absolute atomic E-state index is 0.398. The second-order valence-corrected chi connectivity index (χ2v) is 6.83. The summed E-state index contributed by atoms with van der Waals surface area (Å²) in [5.41, 5.74) is 9.45. The summed E-state index contributed by atoms with van der Waals surface area (Å²) in [6.45, 7) is 1.59. The van der Waals surface area contributed by atoms with Gasteiger partial charge in [0.15, 0.2) is 0 Å². The Labute approximate surface area is 153 Å². The second-order valence-electron chi connectivity index (χ2n) is 6.83. The van der Waals surface area contributed by atoms with Crippen molar-refractivity contribution in [3.8, 4) is 0 Å². The van der Waals surface area contributed by atoms with Crippen molar-refractivity contribution >= 4 is 11.4 Å². The van der Waals surface area contributed by atoms with Crippen LogP contribution in [0.15, 0.2) is 41.5 Å². The Morgan fingerprint density at radius 3 is 2.85 bits per heavy atom. The Morgan fingerprint density at radius 1 is 1.46 bits per heavy atom. The number of rotatable bonds is 6. The summed E-state index contributed by atoms with van der Waals surface area (Å²) < 4.78 is 15.4. The first-order valence-corrected chi connectivity index (χ1v) is 8.94. The van der Waals surface area contributed by atoms with Gasteiger partial charge in [-0.25, -0.2) is 4.39 Å². The summed E-state index contributed by atoms with van der Waals surface area (Å²) in [5, 5.41) is 14.5. The van der Waals surface area contributed by atoms with Crippen molar-refractivity contribution in [2.45, 2.75) is 44.6 Å². The van der Waals surface area contributed by atoms with Crippen LogP contribution in [0.3, 0.4) is 0 Å². The number of hydrogen-bond acceptors (Lipinski definition) is 4. The fourth-order valence-electron chi connectivity index (χ4n) is 3.26. The number of aliphatic hydroxyl groups is 1. The van der Waals surface area contributed by atoms with Crippen LogP contribution in [-0.2, 0) is 13.5 Å². The van der Waals surface area contributed by atoms with Gasteiger partial charge in [0.25, 0.3) is 0 Å². The lowest BCUT2D eigenvalue weighted by atomic mass is 9.83.